The van der Waals surface area contributed by atoms with Gasteiger partial charge < -0.3 is 5.32 Å². The Morgan fingerprint density at radius 3 is 1.13 bits per heavy atom. The standard InChI is InChI=1S/C44H79N/c1-3-5-7-9-11-13-15-17-19-21-23-25-27-29-31-36-40-44(45-42-43-38-34-33-35-39-43)41-37-32-30-28-26-24-22-20-18-16-14-12-10-8-6-4-2/h17-20,33-35,38-39,44-45H,3-16,21-32,36-37,40-42H2,1-2H3/b19-17-,20-18-. The summed E-state index contributed by atoms with van der Waals surface area (Å²) in [6.45, 7) is 5.61. The van der Waals surface area contributed by atoms with E-state index in [2.05, 4.69) is 73.8 Å². The van der Waals surface area contributed by atoms with Crippen molar-refractivity contribution in [2.75, 3.05) is 0 Å². The van der Waals surface area contributed by atoms with E-state index in [-0.39, 0.29) is 0 Å². The first-order valence-electron chi connectivity index (χ1n) is 20.4. The van der Waals surface area contributed by atoms with E-state index in [9.17, 15) is 0 Å². The van der Waals surface area contributed by atoms with E-state index in [0.29, 0.717) is 6.04 Å². The summed E-state index contributed by atoms with van der Waals surface area (Å²) in [5.41, 5.74) is 1.42. The van der Waals surface area contributed by atoms with E-state index in [0.717, 1.165) is 6.54 Å². The molecule has 0 saturated heterocycles. The van der Waals surface area contributed by atoms with Crippen molar-refractivity contribution in [3.63, 3.8) is 0 Å². The third-order valence-corrected chi connectivity index (χ3v) is 9.57. The molecule has 0 aromatic heterocycles. The second-order valence-electron chi connectivity index (χ2n) is 14.0. The van der Waals surface area contributed by atoms with E-state index >= 15 is 0 Å². The molecule has 0 atom stereocenters. The first kappa shape index (κ1) is 41.7. The molecule has 1 rings (SSSR count). The molecular formula is C44H79N. The second kappa shape index (κ2) is 35.5. The van der Waals surface area contributed by atoms with Crippen LogP contribution in [0.2, 0.25) is 0 Å². The molecule has 0 spiro atoms. The Morgan fingerprint density at radius 1 is 0.422 bits per heavy atom. The monoisotopic (exact) mass is 622 g/mol. The highest BCUT2D eigenvalue weighted by Crippen LogP contribution is 2.16. The highest BCUT2D eigenvalue weighted by molar-refractivity contribution is 5.14. The first-order valence-corrected chi connectivity index (χ1v) is 20.4. The van der Waals surface area contributed by atoms with Crippen molar-refractivity contribution in [1.29, 1.82) is 0 Å². The minimum atomic E-state index is 0.679. The minimum Gasteiger partial charge on any atom is -0.310 e. The molecular weight excluding hydrogens is 542 g/mol. The molecule has 1 aromatic carbocycles. The smallest absolute Gasteiger partial charge is 0.0208 e. The summed E-state index contributed by atoms with van der Waals surface area (Å²) in [6, 6.07) is 11.7. The van der Waals surface area contributed by atoms with Gasteiger partial charge in [0.2, 0.25) is 0 Å². The molecule has 0 amide bonds. The van der Waals surface area contributed by atoms with Gasteiger partial charge in [-0.2, -0.15) is 0 Å². The number of hydrogen-bond donors (Lipinski definition) is 1. The summed E-state index contributed by atoms with van der Waals surface area (Å²) < 4.78 is 0. The third kappa shape index (κ3) is 31.0. The van der Waals surface area contributed by atoms with Crippen molar-refractivity contribution in [3.8, 4) is 0 Å². The molecule has 1 heteroatoms. The average molecular weight is 622 g/mol. The van der Waals surface area contributed by atoms with Gasteiger partial charge in [-0.05, 0) is 69.8 Å². The van der Waals surface area contributed by atoms with Crippen LogP contribution in [0.15, 0.2) is 54.6 Å². The third-order valence-electron chi connectivity index (χ3n) is 9.57. The zero-order valence-electron chi connectivity index (χ0n) is 30.7. The van der Waals surface area contributed by atoms with E-state index in [4.69, 9.17) is 0 Å². The number of unbranched alkanes of at least 4 members (excludes halogenated alkanes) is 24. The number of hydrogen-bond acceptors (Lipinski definition) is 1. The van der Waals surface area contributed by atoms with Crippen LogP contribution < -0.4 is 5.32 Å². The first-order chi connectivity index (χ1) is 22.4. The molecule has 45 heavy (non-hydrogen) atoms. The van der Waals surface area contributed by atoms with Gasteiger partial charge in [0.25, 0.3) is 0 Å². The molecule has 0 heterocycles. The fourth-order valence-electron chi connectivity index (χ4n) is 6.48. The van der Waals surface area contributed by atoms with Gasteiger partial charge in [-0.3, -0.25) is 0 Å². The van der Waals surface area contributed by atoms with E-state index < -0.39 is 0 Å². The highest BCUT2D eigenvalue weighted by Gasteiger charge is 2.08. The van der Waals surface area contributed by atoms with Crippen molar-refractivity contribution in [2.45, 2.75) is 219 Å². The van der Waals surface area contributed by atoms with Crippen molar-refractivity contribution in [3.05, 3.63) is 60.2 Å². The molecule has 0 aliphatic heterocycles. The molecule has 1 aromatic rings. The van der Waals surface area contributed by atoms with Gasteiger partial charge >= 0.3 is 0 Å². The Hall–Kier alpha value is -1.34. The zero-order valence-corrected chi connectivity index (χ0v) is 30.7. The average Bonchev–Trinajstić information content (AvgIpc) is 3.06. The molecule has 0 unspecified atom stereocenters. The Kier molecular flexibility index (Phi) is 32.9. The number of nitrogens with one attached hydrogen (secondary N) is 1. The molecule has 1 nitrogen and oxygen atoms in total. The van der Waals surface area contributed by atoms with Gasteiger partial charge in [0, 0.05) is 12.6 Å². The normalized spacial score (nSPS) is 12.0. The van der Waals surface area contributed by atoms with Crippen LogP contribution in [0.5, 0.6) is 0 Å². The van der Waals surface area contributed by atoms with Crippen LogP contribution in [0.4, 0.5) is 0 Å². The number of benzene rings is 1. The Balaban J connectivity index is 2.05. The van der Waals surface area contributed by atoms with Crippen LogP contribution in [0.1, 0.15) is 212 Å². The fraction of sp³-hybridized carbons (Fsp3) is 0.773. The van der Waals surface area contributed by atoms with Crippen LogP contribution in [0.3, 0.4) is 0 Å². The van der Waals surface area contributed by atoms with Crippen LogP contribution in [-0.4, -0.2) is 6.04 Å². The fourth-order valence-corrected chi connectivity index (χ4v) is 6.48. The molecule has 260 valence electrons. The van der Waals surface area contributed by atoms with Gasteiger partial charge in [-0.25, -0.2) is 0 Å². The maximum Gasteiger partial charge on any atom is 0.0208 e. The maximum absolute atomic E-state index is 3.93. The largest absolute Gasteiger partial charge is 0.310 e. The predicted octanol–water partition coefficient (Wildman–Crippen LogP) is 15.0. The summed E-state index contributed by atoms with van der Waals surface area (Å²) in [5.74, 6) is 0. The van der Waals surface area contributed by atoms with Crippen LogP contribution in [0, 0.1) is 0 Å². The molecule has 0 aliphatic carbocycles. The summed E-state index contributed by atoms with van der Waals surface area (Å²) >= 11 is 0. The lowest BCUT2D eigenvalue weighted by Crippen LogP contribution is -2.28. The van der Waals surface area contributed by atoms with Gasteiger partial charge in [-0.15, -0.1) is 0 Å². The summed E-state index contributed by atoms with van der Waals surface area (Å²) in [5, 5.41) is 3.93. The molecule has 0 aliphatic rings. The SMILES string of the molecule is CCCCCCCC/C=C\CCCCCCCCC(CCCCCCCC/C=C\CCCCCCCC)NCc1ccccc1. The lowest BCUT2D eigenvalue weighted by molar-refractivity contribution is 0.410. The summed E-state index contributed by atoms with van der Waals surface area (Å²) in [6.07, 6.45) is 51.4. The van der Waals surface area contributed by atoms with Crippen LogP contribution >= 0.6 is 0 Å². The maximum atomic E-state index is 3.93. The summed E-state index contributed by atoms with van der Waals surface area (Å²) in [7, 11) is 0. The van der Waals surface area contributed by atoms with Crippen molar-refractivity contribution in [2.24, 2.45) is 0 Å². The molecule has 0 fully saturated rings. The lowest BCUT2D eigenvalue weighted by atomic mass is 9.99. The molecule has 0 radical (unpaired) electrons. The number of allylic oxidation sites excluding steroid dienone is 4. The Morgan fingerprint density at radius 2 is 0.756 bits per heavy atom. The minimum absolute atomic E-state index is 0.679. The van der Waals surface area contributed by atoms with Crippen molar-refractivity contribution >= 4 is 0 Å². The molecule has 1 N–H and O–H groups in total. The van der Waals surface area contributed by atoms with Gasteiger partial charge in [0.15, 0.2) is 0 Å². The topological polar surface area (TPSA) is 12.0 Å². The summed E-state index contributed by atoms with van der Waals surface area (Å²) in [4.78, 5) is 0. The van der Waals surface area contributed by atoms with Gasteiger partial charge in [0.05, 0.1) is 0 Å². The van der Waals surface area contributed by atoms with Crippen molar-refractivity contribution < 1.29 is 0 Å². The quantitative estimate of drug-likeness (QED) is 0.0587. The van der Waals surface area contributed by atoms with E-state index in [1.54, 1.807) is 0 Å². The van der Waals surface area contributed by atoms with Crippen LogP contribution in [-0.2, 0) is 6.54 Å². The second-order valence-corrected chi connectivity index (χ2v) is 14.0. The Labute approximate surface area is 283 Å². The zero-order chi connectivity index (χ0) is 32.1. The highest BCUT2D eigenvalue weighted by atomic mass is 14.9. The lowest BCUT2D eigenvalue weighted by Gasteiger charge is -2.19. The van der Waals surface area contributed by atoms with E-state index in [1.165, 1.54) is 198 Å². The number of rotatable bonds is 35. The molecule has 0 bridgehead atoms. The Bertz CT molecular complexity index is 693. The van der Waals surface area contributed by atoms with E-state index in [1.807, 2.05) is 0 Å². The predicted molar refractivity (Wildman–Crippen MR) is 205 cm³/mol. The van der Waals surface area contributed by atoms with Gasteiger partial charge in [-0.1, -0.05) is 197 Å². The molecule has 0 saturated carbocycles. The van der Waals surface area contributed by atoms with Crippen LogP contribution in [0.25, 0.3) is 0 Å². The van der Waals surface area contributed by atoms with Gasteiger partial charge in [0.1, 0.15) is 0 Å². The van der Waals surface area contributed by atoms with Crippen molar-refractivity contribution in [1.82, 2.24) is 5.32 Å².